The van der Waals surface area contributed by atoms with Crippen molar-refractivity contribution in [1.29, 1.82) is 0 Å². The molecule has 402 valence electrons. The van der Waals surface area contributed by atoms with Crippen LogP contribution < -0.4 is 5.32 Å². The number of ether oxygens (including phenoxy) is 1. The van der Waals surface area contributed by atoms with Gasteiger partial charge in [0.1, 0.15) is 0 Å². The average Bonchev–Trinajstić information content (AvgIpc) is 3.34. The highest BCUT2D eigenvalue weighted by atomic mass is 16.5. The SMILES string of the molecule is CCCCCCCC/C=C\CCCCCCCCCCCC(=O)OCCCCCCCCCC/C=C\CCCCCCCCCC(=O)NC(CO)C(O)CCCCCCCCCCCCCCC. The van der Waals surface area contributed by atoms with Gasteiger partial charge in [0.05, 0.1) is 25.4 Å². The second-order valence-corrected chi connectivity index (χ2v) is 21.0. The van der Waals surface area contributed by atoms with Crippen LogP contribution in [0.15, 0.2) is 24.3 Å². The van der Waals surface area contributed by atoms with Gasteiger partial charge in [-0.05, 0) is 77.0 Å². The Morgan fingerprint density at radius 1 is 0.397 bits per heavy atom. The molecule has 0 aromatic heterocycles. The summed E-state index contributed by atoms with van der Waals surface area (Å²) in [6, 6.07) is -0.548. The number of amides is 1. The fraction of sp³-hybridized carbons (Fsp3) is 0.903. The predicted molar refractivity (Wildman–Crippen MR) is 296 cm³/mol. The van der Waals surface area contributed by atoms with Crippen LogP contribution in [0.3, 0.4) is 0 Å². The van der Waals surface area contributed by atoms with Crippen LogP contribution in [-0.4, -0.2) is 47.4 Å². The molecule has 0 fully saturated rings. The van der Waals surface area contributed by atoms with Gasteiger partial charge < -0.3 is 20.3 Å². The van der Waals surface area contributed by atoms with E-state index in [1.54, 1.807) is 0 Å². The first-order chi connectivity index (χ1) is 33.5. The number of rotatable bonds is 57. The third kappa shape index (κ3) is 53.7. The first-order valence-electron chi connectivity index (χ1n) is 30.6. The van der Waals surface area contributed by atoms with E-state index in [4.69, 9.17) is 4.74 Å². The molecule has 0 saturated carbocycles. The number of aliphatic hydroxyl groups is 2. The van der Waals surface area contributed by atoms with Crippen LogP contribution in [0.5, 0.6) is 0 Å². The van der Waals surface area contributed by atoms with Gasteiger partial charge in [-0.1, -0.05) is 269 Å². The van der Waals surface area contributed by atoms with E-state index in [1.165, 1.54) is 257 Å². The maximum Gasteiger partial charge on any atom is 0.305 e. The number of carbonyl (C=O) groups is 2. The summed E-state index contributed by atoms with van der Waals surface area (Å²) in [4.78, 5) is 24.6. The van der Waals surface area contributed by atoms with Gasteiger partial charge in [0, 0.05) is 12.8 Å². The van der Waals surface area contributed by atoms with E-state index in [1.807, 2.05) is 0 Å². The summed E-state index contributed by atoms with van der Waals surface area (Å²) < 4.78 is 5.49. The Kier molecular flexibility index (Phi) is 56.5. The zero-order valence-electron chi connectivity index (χ0n) is 45.9. The minimum atomic E-state index is -0.669. The highest BCUT2D eigenvalue weighted by molar-refractivity contribution is 5.76. The molecule has 6 heteroatoms. The van der Waals surface area contributed by atoms with E-state index in [2.05, 4.69) is 43.5 Å². The molecule has 0 rings (SSSR count). The third-order valence-electron chi connectivity index (χ3n) is 14.2. The van der Waals surface area contributed by atoms with Crippen molar-refractivity contribution < 1.29 is 24.5 Å². The van der Waals surface area contributed by atoms with Crippen LogP contribution in [0.4, 0.5) is 0 Å². The number of allylic oxidation sites excluding steroid dienone is 4. The molecule has 2 atom stereocenters. The van der Waals surface area contributed by atoms with Crippen LogP contribution in [0.1, 0.15) is 335 Å². The van der Waals surface area contributed by atoms with Crippen LogP contribution in [0.2, 0.25) is 0 Å². The normalized spacial score (nSPS) is 12.7. The lowest BCUT2D eigenvalue weighted by Crippen LogP contribution is -2.45. The molecule has 0 bridgehead atoms. The molecular formula is C62H119NO5. The summed E-state index contributed by atoms with van der Waals surface area (Å²) in [6.07, 6.45) is 70.4. The molecule has 0 heterocycles. The topological polar surface area (TPSA) is 95.9 Å². The molecule has 1 amide bonds. The number of aliphatic hydroxyl groups excluding tert-OH is 2. The van der Waals surface area contributed by atoms with Crippen molar-refractivity contribution in [3.8, 4) is 0 Å². The maximum absolute atomic E-state index is 12.5. The molecule has 0 saturated heterocycles. The van der Waals surface area contributed by atoms with Gasteiger partial charge in [-0.25, -0.2) is 0 Å². The fourth-order valence-corrected chi connectivity index (χ4v) is 9.51. The van der Waals surface area contributed by atoms with Crippen LogP contribution in [0, 0.1) is 0 Å². The molecule has 0 radical (unpaired) electrons. The van der Waals surface area contributed by atoms with Gasteiger partial charge in [-0.3, -0.25) is 9.59 Å². The minimum Gasteiger partial charge on any atom is -0.466 e. The van der Waals surface area contributed by atoms with Crippen molar-refractivity contribution in [1.82, 2.24) is 5.32 Å². The number of unbranched alkanes of at least 4 members (excludes halogenated alkanes) is 42. The fourth-order valence-electron chi connectivity index (χ4n) is 9.51. The van der Waals surface area contributed by atoms with Crippen molar-refractivity contribution in [2.45, 2.75) is 347 Å². The molecule has 0 aliphatic rings. The molecule has 3 N–H and O–H groups in total. The Hall–Kier alpha value is -1.66. The summed E-state index contributed by atoms with van der Waals surface area (Å²) in [5, 5.41) is 23.2. The Morgan fingerprint density at radius 3 is 1.04 bits per heavy atom. The van der Waals surface area contributed by atoms with Crippen molar-refractivity contribution in [3.63, 3.8) is 0 Å². The Balaban J connectivity index is 3.41. The van der Waals surface area contributed by atoms with Crippen molar-refractivity contribution >= 4 is 11.9 Å². The van der Waals surface area contributed by atoms with Crippen molar-refractivity contribution in [3.05, 3.63) is 24.3 Å². The Morgan fingerprint density at radius 2 is 0.691 bits per heavy atom. The minimum absolute atomic E-state index is 0.00387. The van der Waals surface area contributed by atoms with E-state index in [0.29, 0.717) is 25.9 Å². The Bertz CT molecular complexity index is 1060. The van der Waals surface area contributed by atoms with Gasteiger partial charge in [-0.2, -0.15) is 0 Å². The van der Waals surface area contributed by atoms with Gasteiger partial charge in [0.25, 0.3) is 0 Å². The summed E-state index contributed by atoms with van der Waals surface area (Å²) in [5.41, 5.74) is 0. The van der Waals surface area contributed by atoms with Gasteiger partial charge in [0.2, 0.25) is 5.91 Å². The Labute approximate surface area is 424 Å². The second kappa shape index (κ2) is 57.9. The quantitative estimate of drug-likeness (QED) is 0.0321. The van der Waals surface area contributed by atoms with Crippen molar-refractivity contribution in [2.24, 2.45) is 0 Å². The summed E-state index contributed by atoms with van der Waals surface area (Å²) in [6.45, 7) is 4.95. The summed E-state index contributed by atoms with van der Waals surface area (Å²) in [7, 11) is 0. The summed E-state index contributed by atoms with van der Waals surface area (Å²) in [5.74, 6) is -0.0399. The molecule has 2 unspecified atom stereocenters. The highest BCUT2D eigenvalue weighted by Gasteiger charge is 2.20. The van der Waals surface area contributed by atoms with Gasteiger partial charge in [-0.15, -0.1) is 0 Å². The van der Waals surface area contributed by atoms with Crippen LogP contribution >= 0.6 is 0 Å². The highest BCUT2D eigenvalue weighted by Crippen LogP contribution is 2.17. The first-order valence-corrected chi connectivity index (χ1v) is 30.6. The van der Waals surface area contributed by atoms with E-state index in [0.717, 1.165) is 44.9 Å². The zero-order valence-corrected chi connectivity index (χ0v) is 45.9. The van der Waals surface area contributed by atoms with E-state index < -0.39 is 12.1 Å². The second-order valence-electron chi connectivity index (χ2n) is 21.0. The zero-order chi connectivity index (χ0) is 49.3. The van der Waals surface area contributed by atoms with E-state index in [9.17, 15) is 19.8 Å². The number of carbonyl (C=O) groups excluding carboxylic acids is 2. The molecular weight excluding hydrogens is 839 g/mol. The molecule has 0 aliphatic carbocycles. The molecule has 68 heavy (non-hydrogen) atoms. The lowest BCUT2D eigenvalue weighted by atomic mass is 10.0. The lowest BCUT2D eigenvalue weighted by Gasteiger charge is -2.22. The number of esters is 1. The number of nitrogens with one attached hydrogen (secondary N) is 1. The first kappa shape index (κ1) is 66.3. The van der Waals surface area contributed by atoms with Gasteiger partial charge in [0.15, 0.2) is 0 Å². The lowest BCUT2D eigenvalue weighted by molar-refractivity contribution is -0.143. The standard InChI is InChI=1S/C62H119NO5/c1-3-5-7-9-11-13-15-17-18-19-21-25-28-32-36-40-44-48-52-56-62(67)68-57-53-49-45-41-37-33-29-26-23-20-22-24-27-31-35-39-43-47-51-55-61(66)63-59(58-64)60(65)54-50-46-42-38-34-30-16-14-12-10-8-6-4-2/h17-18,20,22,59-60,64-65H,3-16,19,21,23-58H2,1-2H3,(H,63,66)/b18-17-,22-20-. The summed E-state index contributed by atoms with van der Waals surface area (Å²) >= 11 is 0. The molecule has 0 aromatic rings. The van der Waals surface area contributed by atoms with E-state index >= 15 is 0 Å². The van der Waals surface area contributed by atoms with E-state index in [-0.39, 0.29) is 18.5 Å². The largest absolute Gasteiger partial charge is 0.466 e. The van der Waals surface area contributed by atoms with Gasteiger partial charge >= 0.3 is 5.97 Å². The molecule has 0 spiro atoms. The monoisotopic (exact) mass is 958 g/mol. The van der Waals surface area contributed by atoms with Crippen LogP contribution in [0.25, 0.3) is 0 Å². The number of hydrogen-bond acceptors (Lipinski definition) is 5. The molecule has 6 nitrogen and oxygen atoms in total. The number of hydrogen-bond donors (Lipinski definition) is 3. The third-order valence-corrected chi connectivity index (χ3v) is 14.2. The van der Waals surface area contributed by atoms with Crippen LogP contribution in [-0.2, 0) is 14.3 Å². The maximum atomic E-state index is 12.5. The van der Waals surface area contributed by atoms with Crippen molar-refractivity contribution in [2.75, 3.05) is 13.2 Å². The smallest absolute Gasteiger partial charge is 0.305 e. The predicted octanol–water partition coefficient (Wildman–Crippen LogP) is 19.0. The average molecular weight is 959 g/mol. The molecule has 0 aliphatic heterocycles. The molecule has 0 aromatic carbocycles.